The second-order valence-electron chi connectivity index (χ2n) is 6.49. The van der Waals surface area contributed by atoms with Gasteiger partial charge >= 0.3 is 0 Å². The molecule has 0 aliphatic carbocycles. The van der Waals surface area contributed by atoms with Gasteiger partial charge in [0.1, 0.15) is 18.3 Å². The van der Waals surface area contributed by atoms with Crippen molar-refractivity contribution in [3.63, 3.8) is 0 Å². The zero-order chi connectivity index (χ0) is 19.4. The van der Waals surface area contributed by atoms with Crippen LogP contribution in [0.1, 0.15) is 31.4 Å². The first kappa shape index (κ1) is 20.8. The van der Waals surface area contributed by atoms with Crippen molar-refractivity contribution in [1.29, 1.82) is 0 Å². The quantitative estimate of drug-likeness (QED) is 0.609. The van der Waals surface area contributed by atoms with Crippen molar-refractivity contribution in [2.75, 3.05) is 13.2 Å². The molecular formula is C17H23F2N3O3S. The van der Waals surface area contributed by atoms with Gasteiger partial charge < -0.3 is 15.3 Å². The Morgan fingerprint density at radius 3 is 2.23 bits per heavy atom. The molecule has 0 aliphatic rings. The molecule has 0 spiro atoms. The average Bonchev–Trinajstić information content (AvgIpc) is 3.12. The largest absolute Gasteiger partial charge is 0.395 e. The molecule has 1 aromatic heterocycles. The zero-order valence-corrected chi connectivity index (χ0v) is 15.4. The molecule has 3 N–H and O–H groups in total. The first-order valence-electron chi connectivity index (χ1n) is 8.06. The van der Waals surface area contributed by atoms with E-state index in [1.54, 1.807) is 13.8 Å². The molecule has 0 saturated carbocycles. The Morgan fingerprint density at radius 2 is 1.77 bits per heavy atom. The zero-order valence-electron chi connectivity index (χ0n) is 14.6. The predicted molar refractivity (Wildman–Crippen MR) is 94.9 cm³/mol. The van der Waals surface area contributed by atoms with E-state index in [0.717, 1.165) is 0 Å². The van der Waals surface area contributed by atoms with Crippen molar-refractivity contribution in [3.8, 4) is 0 Å². The Bertz CT molecular complexity index is 679. The van der Waals surface area contributed by atoms with Crippen LogP contribution in [0.25, 0.3) is 0 Å². The number of hydrogen-bond acceptors (Lipinski definition) is 6. The Kier molecular flexibility index (Phi) is 6.73. The van der Waals surface area contributed by atoms with Gasteiger partial charge in [0.05, 0.1) is 25.0 Å². The lowest BCUT2D eigenvalue weighted by Gasteiger charge is -2.44. The van der Waals surface area contributed by atoms with Crippen LogP contribution in [0.5, 0.6) is 0 Å². The van der Waals surface area contributed by atoms with Crippen molar-refractivity contribution in [1.82, 2.24) is 14.8 Å². The smallest absolute Gasteiger partial charge is 0.263 e. The molecule has 0 bridgehead atoms. The van der Waals surface area contributed by atoms with E-state index in [0.29, 0.717) is 5.56 Å². The number of benzene rings is 1. The van der Waals surface area contributed by atoms with E-state index in [2.05, 4.69) is 10.1 Å². The number of hydrogen-bond donors (Lipinski definition) is 3. The van der Waals surface area contributed by atoms with E-state index >= 15 is 0 Å². The van der Waals surface area contributed by atoms with Gasteiger partial charge in [-0.2, -0.15) is 5.10 Å². The van der Waals surface area contributed by atoms with Crippen molar-refractivity contribution in [2.24, 2.45) is 0 Å². The lowest BCUT2D eigenvalue weighted by atomic mass is 9.82. The van der Waals surface area contributed by atoms with Crippen LogP contribution in [0.2, 0.25) is 0 Å². The van der Waals surface area contributed by atoms with Gasteiger partial charge in [-0.1, -0.05) is 24.3 Å². The SMILES string of the molecule is CC(C)(SC(CO)CO)C(O)(Cn1cncn1)c1ccc(C(F)F)cc1. The molecule has 0 aliphatic heterocycles. The highest BCUT2D eigenvalue weighted by molar-refractivity contribution is 8.01. The maximum Gasteiger partial charge on any atom is 0.263 e. The number of alkyl halides is 2. The van der Waals surface area contributed by atoms with Crippen LogP contribution in [0.15, 0.2) is 36.9 Å². The maximum absolute atomic E-state index is 12.9. The van der Waals surface area contributed by atoms with E-state index in [-0.39, 0.29) is 25.3 Å². The van der Waals surface area contributed by atoms with Crippen molar-refractivity contribution >= 4 is 11.8 Å². The second-order valence-corrected chi connectivity index (χ2v) is 8.41. The van der Waals surface area contributed by atoms with Crippen LogP contribution < -0.4 is 0 Å². The Morgan fingerprint density at radius 1 is 1.15 bits per heavy atom. The summed E-state index contributed by atoms with van der Waals surface area (Å²) in [6.07, 6.45) is 0.197. The van der Waals surface area contributed by atoms with E-state index in [4.69, 9.17) is 0 Å². The van der Waals surface area contributed by atoms with Crippen LogP contribution in [0.4, 0.5) is 8.78 Å². The average molecular weight is 387 g/mol. The highest BCUT2D eigenvalue weighted by Gasteiger charge is 2.47. The summed E-state index contributed by atoms with van der Waals surface area (Å²) < 4.78 is 26.3. The summed E-state index contributed by atoms with van der Waals surface area (Å²) in [6, 6.07) is 5.49. The standard InChI is InChI=1S/C17H23F2N3O3S/c1-16(2,26-14(7-23)8-24)17(25,9-22-11-20-10-21-22)13-5-3-12(4-6-13)15(18)19/h3-6,10-11,14-15,23-25H,7-9H2,1-2H3. The molecule has 0 radical (unpaired) electrons. The fraction of sp³-hybridized carbons (Fsp3) is 0.529. The number of aromatic nitrogens is 3. The van der Waals surface area contributed by atoms with Crippen LogP contribution in [-0.4, -0.2) is 53.3 Å². The fourth-order valence-corrected chi connectivity index (χ4v) is 4.09. The molecule has 1 heterocycles. The first-order chi connectivity index (χ1) is 12.2. The van der Waals surface area contributed by atoms with Crippen LogP contribution in [-0.2, 0) is 12.1 Å². The summed E-state index contributed by atoms with van der Waals surface area (Å²) >= 11 is 1.22. The Hall–Kier alpha value is -1.55. The summed E-state index contributed by atoms with van der Waals surface area (Å²) in [6.45, 7) is 3.06. The van der Waals surface area contributed by atoms with Crippen LogP contribution in [0, 0.1) is 0 Å². The summed E-state index contributed by atoms with van der Waals surface area (Å²) in [5.41, 5.74) is -1.22. The van der Waals surface area contributed by atoms with E-state index in [1.165, 1.54) is 53.4 Å². The molecule has 0 amide bonds. The van der Waals surface area contributed by atoms with Gasteiger partial charge in [-0.15, -0.1) is 11.8 Å². The summed E-state index contributed by atoms with van der Waals surface area (Å²) in [5.74, 6) is 0. The van der Waals surface area contributed by atoms with Gasteiger partial charge in [0.15, 0.2) is 0 Å². The number of nitrogens with zero attached hydrogens (tertiary/aromatic N) is 3. The Labute approximate surface area is 154 Å². The van der Waals surface area contributed by atoms with Crippen LogP contribution in [0.3, 0.4) is 0 Å². The van der Waals surface area contributed by atoms with E-state index in [1.807, 2.05) is 0 Å². The third-order valence-electron chi connectivity index (χ3n) is 4.36. The minimum Gasteiger partial charge on any atom is -0.395 e. The predicted octanol–water partition coefficient (Wildman–Crippen LogP) is 1.97. The van der Waals surface area contributed by atoms with Gasteiger partial charge in [-0.3, -0.25) is 0 Å². The van der Waals surface area contributed by atoms with Crippen molar-refractivity contribution in [3.05, 3.63) is 48.0 Å². The highest BCUT2D eigenvalue weighted by atomic mass is 32.2. The summed E-state index contributed by atoms with van der Waals surface area (Å²) in [4.78, 5) is 3.87. The number of thioether (sulfide) groups is 1. The fourth-order valence-electron chi connectivity index (χ4n) is 2.73. The molecule has 2 aromatic rings. The number of aliphatic hydroxyl groups is 3. The number of rotatable bonds is 9. The topological polar surface area (TPSA) is 91.4 Å². The molecule has 1 unspecified atom stereocenters. The molecule has 1 aromatic carbocycles. The third-order valence-corrected chi connectivity index (χ3v) is 5.92. The molecule has 1 atom stereocenters. The normalized spacial score (nSPS) is 14.8. The van der Waals surface area contributed by atoms with Crippen molar-refractivity contribution in [2.45, 2.75) is 42.4 Å². The molecule has 26 heavy (non-hydrogen) atoms. The van der Waals surface area contributed by atoms with Crippen LogP contribution >= 0.6 is 11.8 Å². The number of halogens is 2. The Balaban J connectivity index is 2.44. The molecule has 0 saturated heterocycles. The van der Waals surface area contributed by atoms with E-state index < -0.39 is 22.0 Å². The number of aliphatic hydroxyl groups excluding tert-OH is 2. The minimum absolute atomic E-state index is 0.0323. The molecular weight excluding hydrogens is 364 g/mol. The summed E-state index contributed by atoms with van der Waals surface area (Å²) in [7, 11) is 0. The first-order valence-corrected chi connectivity index (χ1v) is 8.94. The van der Waals surface area contributed by atoms with Gasteiger partial charge in [-0.25, -0.2) is 18.4 Å². The van der Waals surface area contributed by atoms with Gasteiger partial charge in [-0.05, 0) is 19.4 Å². The maximum atomic E-state index is 12.9. The summed E-state index contributed by atoms with van der Waals surface area (Å²) in [5, 5.41) is 33.9. The lowest BCUT2D eigenvalue weighted by molar-refractivity contribution is -0.0143. The monoisotopic (exact) mass is 387 g/mol. The van der Waals surface area contributed by atoms with Gasteiger partial charge in [0, 0.05) is 10.3 Å². The molecule has 144 valence electrons. The second kappa shape index (κ2) is 8.43. The molecule has 9 heteroatoms. The highest BCUT2D eigenvalue weighted by Crippen LogP contribution is 2.45. The molecule has 0 fully saturated rings. The van der Waals surface area contributed by atoms with E-state index in [9.17, 15) is 24.1 Å². The molecule has 6 nitrogen and oxygen atoms in total. The third kappa shape index (κ3) is 4.40. The molecule has 2 rings (SSSR count). The van der Waals surface area contributed by atoms with Crippen molar-refractivity contribution < 1.29 is 24.1 Å². The lowest BCUT2D eigenvalue weighted by Crippen LogP contribution is -2.50. The minimum atomic E-state index is -2.59. The van der Waals surface area contributed by atoms with Gasteiger partial charge in [0.2, 0.25) is 0 Å². The van der Waals surface area contributed by atoms with Gasteiger partial charge in [0.25, 0.3) is 6.43 Å².